The second kappa shape index (κ2) is 8.08. The highest BCUT2D eigenvalue weighted by Gasteiger charge is 2.36. The molecule has 1 aliphatic heterocycles. The molecule has 1 aliphatic rings. The number of ketones is 1. The van der Waals surface area contributed by atoms with Crippen LogP contribution in [-0.4, -0.2) is 43.7 Å². The van der Waals surface area contributed by atoms with Crippen molar-refractivity contribution in [2.45, 2.75) is 24.8 Å². The molecule has 0 bridgehead atoms. The molecule has 0 spiro atoms. The van der Waals surface area contributed by atoms with Crippen LogP contribution in [0, 0.1) is 6.92 Å². The highest BCUT2D eigenvalue weighted by molar-refractivity contribution is 7.89. The summed E-state index contributed by atoms with van der Waals surface area (Å²) in [6.45, 7) is 3.98. The second-order valence-electron chi connectivity index (χ2n) is 6.42. The molecule has 0 amide bonds. The molecular weight excluding hydrogens is 378 g/mol. The Morgan fingerprint density at radius 3 is 2.25 bits per heavy atom. The van der Waals surface area contributed by atoms with E-state index in [1.54, 1.807) is 43.3 Å². The first kappa shape index (κ1) is 20.0. The number of aryl methyl sites for hydroxylation is 1. The SMILES string of the molecule is CCOC(=O)c1ccc(C(=O)C2C=CCN2S(=O)(=O)c2ccc(C)cc2)cc1. The molecule has 0 radical (unpaired) electrons. The lowest BCUT2D eigenvalue weighted by Gasteiger charge is -2.23. The number of ether oxygens (including phenoxy) is 1. The van der Waals surface area contributed by atoms with Crippen molar-refractivity contribution in [2.75, 3.05) is 13.2 Å². The van der Waals surface area contributed by atoms with Crippen molar-refractivity contribution < 1.29 is 22.7 Å². The number of nitrogens with zero attached hydrogens (tertiary/aromatic N) is 1. The summed E-state index contributed by atoms with van der Waals surface area (Å²) >= 11 is 0. The van der Waals surface area contributed by atoms with Crippen LogP contribution in [0.25, 0.3) is 0 Å². The van der Waals surface area contributed by atoms with E-state index in [9.17, 15) is 18.0 Å². The first-order chi connectivity index (χ1) is 13.3. The Morgan fingerprint density at radius 2 is 1.64 bits per heavy atom. The Bertz CT molecular complexity index is 1010. The van der Waals surface area contributed by atoms with Crippen molar-refractivity contribution in [3.05, 3.63) is 77.4 Å². The van der Waals surface area contributed by atoms with Crippen molar-refractivity contribution in [1.82, 2.24) is 4.31 Å². The molecule has 0 saturated carbocycles. The van der Waals surface area contributed by atoms with E-state index in [4.69, 9.17) is 4.74 Å². The molecule has 1 atom stereocenters. The van der Waals surface area contributed by atoms with Crippen LogP contribution in [0.2, 0.25) is 0 Å². The summed E-state index contributed by atoms with van der Waals surface area (Å²) in [6, 6.07) is 11.6. The van der Waals surface area contributed by atoms with Gasteiger partial charge >= 0.3 is 5.97 Å². The molecule has 6 nitrogen and oxygen atoms in total. The zero-order valence-corrected chi connectivity index (χ0v) is 16.5. The third-order valence-electron chi connectivity index (χ3n) is 4.49. The molecule has 1 heterocycles. The Hall–Kier alpha value is -2.77. The predicted octanol–water partition coefficient (Wildman–Crippen LogP) is 2.98. The van der Waals surface area contributed by atoms with Gasteiger partial charge in [0.15, 0.2) is 5.78 Å². The van der Waals surface area contributed by atoms with Crippen molar-refractivity contribution in [1.29, 1.82) is 0 Å². The van der Waals surface area contributed by atoms with Gasteiger partial charge in [-0.1, -0.05) is 42.0 Å². The monoisotopic (exact) mass is 399 g/mol. The van der Waals surface area contributed by atoms with Crippen molar-refractivity contribution >= 4 is 21.8 Å². The van der Waals surface area contributed by atoms with Gasteiger partial charge in [-0.2, -0.15) is 4.31 Å². The summed E-state index contributed by atoms with van der Waals surface area (Å²) in [4.78, 5) is 24.8. The van der Waals surface area contributed by atoms with Gasteiger partial charge in [0.25, 0.3) is 0 Å². The van der Waals surface area contributed by atoms with Gasteiger partial charge < -0.3 is 4.74 Å². The van der Waals surface area contributed by atoms with Crippen LogP contribution in [0.5, 0.6) is 0 Å². The van der Waals surface area contributed by atoms with E-state index >= 15 is 0 Å². The van der Waals surface area contributed by atoms with Crippen molar-refractivity contribution in [2.24, 2.45) is 0 Å². The standard InChI is InChI=1S/C21H21NO5S/c1-3-27-21(24)17-10-8-16(9-11-17)20(23)19-5-4-14-22(19)28(25,26)18-12-6-15(2)7-13-18/h4-13,19H,3,14H2,1-2H3. The molecule has 3 rings (SSSR count). The van der Waals surface area contributed by atoms with Gasteiger partial charge in [0.2, 0.25) is 10.0 Å². The van der Waals surface area contributed by atoms with Gasteiger partial charge in [0.05, 0.1) is 17.1 Å². The van der Waals surface area contributed by atoms with Gasteiger partial charge in [-0.25, -0.2) is 13.2 Å². The van der Waals surface area contributed by atoms with Gasteiger partial charge in [0, 0.05) is 12.1 Å². The summed E-state index contributed by atoms with van der Waals surface area (Å²) in [5.41, 5.74) is 1.62. The maximum Gasteiger partial charge on any atom is 0.338 e. The summed E-state index contributed by atoms with van der Waals surface area (Å²) in [6.07, 6.45) is 3.26. The minimum atomic E-state index is -3.81. The normalized spacial score (nSPS) is 16.9. The van der Waals surface area contributed by atoms with Crippen LogP contribution in [0.1, 0.15) is 33.2 Å². The first-order valence-corrected chi connectivity index (χ1v) is 10.3. The third-order valence-corrected chi connectivity index (χ3v) is 6.35. The van der Waals surface area contributed by atoms with Crippen LogP contribution < -0.4 is 0 Å². The fraction of sp³-hybridized carbons (Fsp3) is 0.238. The maximum atomic E-state index is 13.0. The van der Waals surface area contributed by atoms with E-state index in [1.165, 1.54) is 28.6 Å². The van der Waals surface area contributed by atoms with Crippen LogP contribution in [0.4, 0.5) is 0 Å². The van der Waals surface area contributed by atoms with Crippen molar-refractivity contribution in [3.8, 4) is 0 Å². The largest absolute Gasteiger partial charge is 0.462 e. The average Bonchev–Trinajstić information content (AvgIpc) is 3.19. The lowest BCUT2D eigenvalue weighted by atomic mass is 10.0. The Kier molecular flexibility index (Phi) is 5.76. The molecule has 0 N–H and O–H groups in total. The van der Waals surface area contributed by atoms with Crippen LogP contribution in [0.3, 0.4) is 0 Å². The van der Waals surface area contributed by atoms with E-state index in [0.29, 0.717) is 11.1 Å². The number of benzene rings is 2. The molecular formula is C21H21NO5S. The fourth-order valence-electron chi connectivity index (χ4n) is 2.97. The van der Waals surface area contributed by atoms with E-state index in [1.807, 2.05) is 6.92 Å². The topological polar surface area (TPSA) is 80.8 Å². The Morgan fingerprint density at radius 1 is 1.04 bits per heavy atom. The molecule has 2 aromatic rings. The van der Waals surface area contributed by atoms with E-state index in [0.717, 1.165) is 5.56 Å². The smallest absolute Gasteiger partial charge is 0.338 e. The van der Waals surface area contributed by atoms with Gasteiger partial charge in [-0.3, -0.25) is 4.79 Å². The fourth-order valence-corrected chi connectivity index (χ4v) is 4.47. The number of sulfonamides is 1. The number of carbonyl (C=O) groups excluding carboxylic acids is 2. The minimum absolute atomic E-state index is 0.132. The predicted molar refractivity (Wildman–Crippen MR) is 105 cm³/mol. The zero-order chi connectivity index (χ0) is 20.3. The van der Waals surface area contributed by atoms with E-state index < -0.39 is 22.0 Å². The number of esters is 1. The highest BCUT2D eigenvalue weighted by Crippen LogP contribution is 2.25. The Balaban J connectivity index is 1.84. The summed E-state index contributed by atoms with van der Waals surface area (Å²) in [5.74, 6) is -0.814. The molecule has 2 aromatic carbocycles. The quantitative estimate of drug-likeness (QED) is 0.424. The first-order valence-electron chi connectivity index (χ1n) is 8.91. The summed E-state index contributed by atoms with van der Waals surface area (Å²) in [7, 11) is -3.81. The lowest BCUT2D eigenvalue weighted by molar-refractivity contribution is 0.0526. The van der Waals surface area contributed by atoms with Crippen LogP contribution in [-0.2, 0) is 14.8 Å². The molecule has 0 saturated heterocycles. The number of carbonyl (C=O) groups is 2. The number of hydrogen-bond acceptors (Lipinski definition) is 5. The van der Waals surface area contributed by atoms with Gasteiger partial charge in [-0.05, 0) is 38.1 Å². The molecule has 146 valence electrons. The molecule has 0 aromatic heterocycles. The van der Waals surface area contributed by atoms with Crippen LogP contribution >= 0.6 is 0 Å². The Labute approximate surface area is 164 Å². The molecule has 0 aliphatic carbocycles. The lowest BCUT2D eigenvalue weighted by Crippen LogP contribution is -2.40. The second-order valence-corrected chi connectivity index (χ2v) is 8.31. The number of hydrogen-bond donors (Lipinski definition) is 0. The van der Waals surface area contributed by atoms with Gasteiger partial charge in [0.1, 0.15) is 6.04 Å². The third kappa shape index (κ3) is 3.90. The zero-order valence-electron chi connectivity index (χ0n) is 15.7. The average molecular weight is 399 g/mol. The summed E-state index contributed by atoms with van der Waals surface area (Å²) < 4.78 is 32.1. The number of rotatable bonds is 6. The van der Waals surface area contributed by atoms with E-state index in [2.05, 4.69) is 0 Å². The molecule has 1 unspecified atom stereocenters. The molecule has 28 heavy (non-hydrogen) atoms. The highest BCUT2D eigenvalue weighted by atomic mass is 32.2. The number of Topliss-reactive ketones (excluding diaryl/α,β-unsaturated/α-hetero) is 1. The maximum absolute atomic E-state index is 13.0. The molecule has 0 fully saturated rings. The van der Waals surface area contributed by atoms with Crippen LogP contribution in [0.15, 0.2) is 65.6 Å². The minimum Gasteiger partial charge on any atom is -0.462 e. The van der Waals surface area contributed by atoms with Gasteiger partial charge in [-0.15, -0.1) is 0 Å². The molecule has 7 heteroatoms. The van der Waals surface area contributed by atoms with E-state index in [-0.39, 0.29) is 23.8 Å². The summed E-state index contributed by atoms with van der Waals surface area (Å²) in [5, 5.41) is 0. The van der Waals surface area contributed by atoms with Crippen molar-refractivity contribution in [3.63, 3.8) is 0 Å².